The van der Waals surface area contributed by atoms with Crippen LogP contribution >= 0.6 is 0 Å². The number of oxazole rings is 1. The Labute approximate surface area is 281 Å². The van der Waals surface area contributed by atoms with Crippen LogP contribution in [0.15, 0.2) is 65.3 Å². The van der Waals surface area contributed by atoms with E-state index in [0.717, 1.165) is 5.56 Å². The molecular weight excluding hydrogens is 621 g/mol. The van der Waals surface area contributed by atoms with Crippen molar-refractivity contribution in [2.45, 2.75) is 97.7 Å². The molecule has 3 atom stereocenters. The summed E-state index contributed by atoms with van der Waals surface area (Å²) in [4.78, 5) is 43.4. The zero-order valence-corrected chi connectivity index (χ0v) is 28.7. The molecule has 262 valence electrons. The highest BCUT2D eigenvalue weighted by atomic mass is 19.1. The minimum Gasteiger partial charge on any atom is -0.448 e. The van der Waals surface area contributed by atoms with Crippen molar-refractivity contribution >= 4 is 18.1 Å². The fourth-order valence-electron chi connectivity index (χ4n) is 4.66. The standard InChI is InChI=1S/C35H48FN5O7/c1-22(2)30(39-33(44)47-21-27-20-46-32(37-27)23(3)4)31(43)38-28(17-24-11-9-8-10-12-24)29(42)19-41(40-34(45)48-35(5,6)7)18-25-13-15-26(36)16-14-25/h8-16,20,22-23,28-30,42H,17-19,21H2,1-7H3,(H,38,43)(H,39,44)(H,40,45)/t28-,29-,30-/m0/s1. The van der Waals surface area contributed by atoms with Crippen molar-refractivity contribution in [2.24, 2.45) is 5.92 Å². The number of benzene rings is 2. The number of aliphatic hydroxyl groups excluding tert-OH is 1. The van der Waals surface area contributed by atoms with E-state index in [0.29, 0.717) is 17.1 Å². The van der Waals surface area contributed by atoms with E-state index in [4.69, 9.17) is 13.9 Å². The van der Waals surface area contributed by atoms with Gasteiger partial charge in [-0.3, -0.25) is 10.2 Å². The first-order chi connectivity index (χ1) is 22.6. The summed E-state index contributed by atoms with van der Waals surface area (Å²) in [6, 6.07) is 13.2. The number of aromatic nitrogens is 1. The van der Waals surface area contributed by atoms with Gasteiger partial charge in [0, 0.05) is 19.0 Å². The van der Waals surface area contributed by atoms with Crippen LogP contribution in [0.2, 0.25) is 0 Å². The molecule has 2 aromatic carbocycles. The third-order valence-electron chi connectivity index (χ3n) is 7.07. The minimum atomic E-state index is -1.22. The summed E-state index contributed by atoms with van der Waals surface area (Å²) in [5, 5.41) is 18.5. The number of amides is 3. The SMILES string of the molecule is CC(C)c1nc(COC(=O)N[C@H](C(=O)N[C@@H](Cc2ccccc2)[C@@H](O)CN(Cc2ccc(F)cc2)NC(=O)OC(C)(C)C)C(C)C)co1. The van der Waals surface area contributed by atoms with Crippen molar-refractivity contribution in [3.05, 3.63) is 89.4 Å². The number of nitrogens with zero attached hydrogens (tertiary/aromatic N) is 2. The second kappa shape index (κ2) is 17.6. The highest BCUT2D eigenvalue weighted by molar-refractivity contribution is 5.86. The van der Waals surface area contributed by atoms with E-state index in [-0.39, 0.29) is 38.0 Å². The van der Waals surface area contributed by atoms with Gasteiger partial charge in [-0.15, -0.1) is 0 Å². The van der Waals surface area contributed by atoms with Crippen LogP contribution in [0.4, 0.5) is 14.0 Å². The van der Waals surface area contributed by atoms with E-state index in [1.165, 1.54) is 23.4 Å². The van der Waals surface area contributed by atoms with E-state index < -0.39 is 47.7 Å². The first-order valence-electron chi connectivity index (χ1n) is 16.0. The number of carbonyl (C=O) groups excluding carboxylic acids is 3. The van der Waals surface area contributed by atoms with Gasteiger partial charge in [0.25, 0.3) is 0 Å². The van der Waals surface area contributed by atoms with Crippen LogP contribution in [0.1, 0.15) is 77.1 Å². The van der Waals surface area contributed by atoms with Crippen molar-refractivity contribution < 1.29 is 37.8 Å². The molecular formula is C35H48FN5O7. The lowest BCUT2D eigenvalue weighted by Gasteiger charge is -2.32. The van der Waals surface area contributed by atoms with Crippen LogP contribution in [0, 0.1) is 11.7 Å². The van der Waals surface area contributed by atoms with Gasteiger partial charge in [-0.1, -0.05) is 70.2 Å². The van der Waals surface area contributed by atoms with Gasteiger partial charge in [0.1, 0.15) is 36.0 Å². The van der Waals surface area contributed by atoms with Crippen molar-refractivity contribution in [1.29, 1.82) is 0 Å². The fourth-order valence-corrected chi connectivity index (χ4v) is 4.66. The highest BCUT2D eigenvalue weighted by Gasteiger charge is 2.31. The average Bonchev–Trinajstić information content (AvgIpc) is 3.48. The van der Waals surface area contributed by atoms with Crippen LogP contribution in [-0.2, 0) is 33.8 Å². The van der Waals surface area contributed by atoms with Crippen LogP contribution in [-0.4, -0.2) is 63.5 Å². The lowest BCUT2D eigenvalue weighted by molar-refractivity contribution is -0.125. The van der Waals surface area contributed by atoms with E-state index in [9.17, 15) is 23.9 Å². The maximum absolute atomic E-state index is 13.7. The van der Waals surface area contributed by atoms with Crippen molar-refractivity contribution in [3.8, 4) is 0 Å². The van der Waals surface area contributed by atoms with Crippen molar-refractivity contribution in [2.75, 3.05) is 6.54 Å². The summed E-state index contributed by atoms with van der Waals surface area (Å²) >= 11 is 0. The molecule has 0 aliphatic carbocycles. The normalized spacial score (nSPS) is 13.6. The number of ether oxygens (including phenoxy) is 2. The lowest BCUT2D eigenvalue weighted by Crippen LogP contribution is -2.57. The summed E-state index contributed by atoms with van der Waals surface area (Å²) < 4.78 is 29.7. The first kappa shape index (κ1) is 38.0. The van der Waals surface area contributed by atoms with Crippen LogP contribution in [0.25, 0.3) is 0 Å². The van der Waals surface area contributed by atoms with Crippen molar-refractivity contribution in [1.82, 2.24) is 26.1 Å². The fraction of sp³-hybridized carbons (Fsp3) is 0.486. The number of carbonyl (C=O) groups is 3. The topological polar surface area (TPSA) is 155 Å². The second-order valence-corrected chi connectivity index (χ2v) is 13.3. The summed E-state index contributed by atoms with van der Waals surface area (Å²) in [6.45, 7) is 12.4. The molecule has 0 fully saturated rings. The molecule has 3 aromatic rings. The Balaban J connectivity index is 1.76. The highest BCUT2D eigenvalue weighted by Crippen LogP contribution is 2.15. The molecule has 0 spiro atoms. The number of nitrogens with one attached hydrogen (secondary N) is 3. The monoisotopic (exact) mass is 669 g/mol. The molecule has 0 aliphatic heterocycles. The molecule has 4 N–H and O–H groups in total. The van der Waals surface area contributed by atoms with Gasteiger partial charge >= 0.3 is 12.2 Å². The van der Waals surface area contributed by atoms with Gasteiger partial charge in [0.05, 0.1) is 12.1 Å². The Morgan fingerprint density at radius 3 is 2.21 bits per heavy atom. The maximum Gasteiger partial charge on any atom is 0.422 e. The number of halogens is 1. The number of hydrogen-bond acceptors (Lipinski definition) is 9. The smallest absolute Gasteiger partial charge is 0.422 e. The Kier molecular flexibility index (Phi) is 13.9. The van der Waals surface area contributed by atoms with Crippen LogP contribution < -0.4 is 16.1 Å². The zero-order chi connectivity index (χ0) is 35.4. The Morgan fingerprint density at radius 1 is 0.958 bits per heavy atom. The van der Waals surface area contributed by atoms with E-state index in [1.54, 1.807) is 46.8 Å². The van der Waals surface area contributed by atoms with Gasteiger partial charge in [-0.2, -0.15) is 0 Å². The van der Waals surface area contributed by atoms with Gasteiger partial charge < -0.3 is 29.6 Å². The molecule has 1 heterocycles. The van der Waals surface area contributed by atoms with E-state index in [1.807, 2.05) is 44.2 Å². The third-order valence-corrected chi connectivity index (χ3v) is 7.07. The molecule has 0 saturated carbocycles. The van der Waals surface area contributed by atoms with E-state index >= 15 is 0 Å². The largest absolute Gasteiger partial charge is 0.448 e. The number of hydrazine groups is 1. The summed E-state index contributed by atoms with van der Waals surface area (Å²) in [6.07, 6.45) is -1.11. The Hall–Kier alpha value is -4.49. The molecule has 12 nitrogen and oxygen atoms in total. The summed E-state index contributed by atoms with van der Waals surface area (Å²) in [7, 11) is 0. The molecule has 13 heteroatoms. The van der Waals surface area contributed by atoms with E-state index in [2.05, 4.69) is 21.0 Å². The van der Waals surface area contributed by atoms with Crippen LogP contribution in [0.5, 0.6) is 0 Å². The zero-order valence-electron chi connectivity index (χ0n) is 28.7. The molecule has 0 bridgehead atoms. The molecule has 0 aliphatic rings. The minimum absolute atomic E-state index is 0.0730. The van der Waals surface area contributed by atoms with Crippen LogP contribution in [0.3, 0.4) is 0 Å². The molecule has 48 heavy (non-hydrogen) atoms. The molecule has 0 unspecified atom stereocenters. The molecule has 0 saturated heterocycles. The molecule has 3 amide bonds. The van der Waals surface area contributed by atoms with Gasteiger partial charge in [0.15, 0.2) is 5.89 Å². The number of alkyl carbamates (subject to hydrolysis) is 1. The Morgan fingerprint density at radius 2 is 1.62 bits per heavy atom. The first-order valence-corrected chi connectivity index (χ1v) is 16.0. The lowest BCUT2D eigenvalue weighted by atomic mass is 9.98. The summed E-state index contributed by atoms with van der Waals surface area (Å²) in [5.41, 5.74) is 3.83. The molecule has 0 radical (unpaired) electrons. The predicted octanol–water partition coefficient (Wildman–Crippen LogP) is 5.22. The van der Waals surface area contributed by atoms with Gasteiger partial charge in [-0.05, 0) is 56.4 Å². The second-order valence-electron chi connectivity index (χ2n) is 13.3. The quantitative estimate of drug-likeness (QED) is 0.160. The summed E-state index contributed by atoms with van der Waals surface area (Å²) in [5.74, 6) is -0.685. The number of hydrogen-bond donors (Lipinski definition) is 4. The average molecular weight is 670 g/mol. The maximum atomic E-state index is 13.7. The molecule has 3 rings (SSSR count). The number of aliphatic hydroxyl groups is 1. The van der Waals surface area contributed by atoms with Gasteiger partial charge in [-0.25, -0.2) is 24.0 Å². The molecule has 1 aromatic heterocycles. The third kappa shape index (κ3) is 13.0. The van der Waals surface area contributed by atoms with Crippen molar-refractivity contribution in [3.63, 3.8) is 0 Å². The number of rotatable bonds is 15. The Bertz CT molecular complexity index is 1460. The predicted molar refractivity (Wildman–Crippen MR) is 177 cm³/mol. The van der Waals surface area contributed by atoms with Gasteiger partial charge in [0.2, 0.25) is 5.91 Å².